The number of aromatic nitrogens is 2. The van der Waals surface area contributed by atoms with Crippen molar-refractivity contribution in [1.29, 1.82) is 0 Å². The largest absolute Gasteiger partial charge is 0.378 e. The number of pyridine rings is 2. The average molecular weight is 475 g/mol. The Morgan fingerprint density at radius 3 is 2.22 bits per heavy atom. The van der Waals surface area contributed by atoms with Crippen molar-refractivity contribution in [2.24, 2.45) is 0 Å². The van der Waals surface area contributed by atoms with Crippen molar-refractivity contribution in [3.05, 3.63) is 109 Å². The first-order chi connectivity index (χ1) is 17.5. The van der Waals surface area contributed by atoms with Crippen LogP contribution in [0.5, 0.6) is 0 Å². The summed E-state index contributed by atoms with van der Waals surface area (Å²) in [5.74, 6) is 0.267. The van der Waals surface area contributed by atoms with Crippen LogP contribution in [0.3, 0.4) is 0 Å². The van der Waals surface area contributed by atoms with Gasteiger partial charge in [0.05, 0.1) is 17.4 Å². The number of fused-ring (bicyclic) bond motifs is 1. The Labute approximate surface area is 209 Å². The van der Waals surface area contributed by atoms with Crippen LogP contribution < -0.4 is 20.9 Å². The minimum absolute atomic E-state index is 0.220. The van der Waals surface area contributed by atoms with E-state index in [4.69, 9.17) is 0 Å². The van der Waals surface area contributed by atoms with Gasteiger partial charge in [-0.05, 0) is 72.8 Å². The zero-order valence-corrected chi connectivity index (χ0v) is 20.1. The van der Waals surface area contributed by atoms with E-state index in [9.17, 15) is 4.79 Å². The van der Waals surface area contributed by atoms with Gasteiger partial charge in [0.15, 0.2) is 0 Å². The monoisotopic (exact) mass is 474 g/mol. The first kappa shape index (κ1) is 22.9. The summed E-state index contributed by atoms with van der Waals surface area (Å²) in [6.45, 7) is 0. The van der Waals surface area contributed by atoms with E-state index in [1.54, 1.807) is 30.6 Å². The number of hydrogen-bond acceptors (Lipinski definition) is 6. The first-order valence-electron chi connectivity index (χ1n) is 11.6. The molecule has 2 aromatic heterocycles. The third-order valence-electron chi connectivity index (χ3n) is 5.74. The Balaban J connectivity index is 1.25. The predicted octanol–water partition coefficient (Wildman–Crippen LogP) is 6.44. The molecule has 0 spiro atoms. The molecule has 0 radical (unpaired) electrons. The summed E-state index contributed by atoms with van der Waals surface area (Å²) in [5.41, 5.74) is 6.21. The molecular weight excluding hydrogens is 448 g/mol. The molecule has 36 heavy (non-hydrogen) atoms. The Hall–Kier alpha value is -4.91. The van der Waals surface area contributed by atoms with Gasteiger partial charge in [0.1, 0.15) is 5.82 Å². The summed E-state index contributed by atoms with van der Waals surface area (Å²) in [4.78, 5) is 23.6. The van der Waals surface area contributed by atoms with Gasteiger partial charge in [0.25, 0.3) is 5.91 Å². The van der Waals surface area contributed by atoms with Crippen LogP contribution in [0.2, 0.25) is 0 Å². The molecule has 0 fully saturated rings. The zero-order valence-electron chi connectivity index (χ0n) is 20.1. The molecule has 0 bridgehead atoms. The number of benzene rings is 3. The molecule has 2 heterocycles. The number of carbonyl (C=O) groups is 1. The molecule has 0 atom stereocenters. The predicted molar refractivity (Wildman–Crippen MR) is 148 cm³/mol. The van der Waals surface area contributed by atoms with E-state index in [-0.39, 0.29) is 5.91 Å². The third kappa shape index (κ3) is 5.26. The van der Waals surface area contributed by atoms with Crippen LogP contribution in [0.15, 0.2) is 103 Å². The smallest absolute Gasteiger partial charge is 0.256 e. The van der Waals surface area contributed by atoms with Crippen molar-refractivity contribution in [1.82, 2.24) is 9.97 Å². The number of rotatable bonds is 7. The van der Waals surface area contributed by atoms with Crippen LogP contribution in [-0.2, 0) is 0 Å². The van der Waals surface area contributed by atoms with Crippen molar-refractivity contribution >= 4 is 51.1 Å². The van der Waals surface area contributed by atoms with Gasteiger partial charge in [-0.3, -0.25) is 9.78 Å². The van der Waals surface area contributed by atoms with Crippen molar-refractivity contribution in [2.45, 2.75) is 0 Å². The van der Waals surface area contributed by atoms with Crippen molar-refractivity contribution in [3.8, 4) is 0 Å². The lowest BCUT2D eigenvalue weighted by Crippen LogP contribution is -2.12. The number of anilines is 6. The molecular formula is C29H26N6O. The lowest BCUT2D eigenvalue weighted by molar-refractivity contribution is 0.102. The third-order valence-corrected chi connectivity index (χ3v) is 5.74. The zero-order chi connectivity index (χ0) is 24.9. The molecule has 0 aliphatic carbocycles. The van der Waals surface area contributed by atoms with Crippen molar-refractivity contribution in [2.75, 3.05) is 34.9 Å². The van der Waals surface area contributed by atoms with E-state index in [1.807, 2.05) is 74.8 Å². The van der Waals surface area contributed by atoms with E-state index in [1.165, 1.54) is 0 Å². The molecule has 3 N–H and O–H groups in total. The standard InChI is InChI=1S/C29H26N6O/c1-35(2)24-13-14-26-25(18-24)27(16-17-30-26)33-22-10-8-20(9-11-22)29(36)34-28-15-12-23(19-31-28)32-21-6-4-3-5-7-21/h3-19,32H,1-2H3,(H,30,33)(H,31,34,36). The van der Waals surface area contributed by atoms with Gasteiger partial charge < -0.3 is 20.9 Å². The molecule has 5 aromatic rings. The van der Waals surface area contributed by atoms with Gasteiger partial charge >= 0.3 is 0 Å². The highest BCUT2D eigenvalue weighted by Crippen LogP contribution is 2.28. The van der Waals surface area contributed by atoms with Crippen LogP contribution in [0.1, 0.15) is 10.4 Å². The molecule has 0 saturated carbocycles. The lowest BCUT2D eigenvalue weighted by Gasteiger charge is -2.15. The van der Waals surface area contributed by atoms with Crippen LogP contribution in [0, 0.1) is 0 Å². The number of para-hydroxylation sites is 1. The fourth-order valence-electron chi connectivity index (χ4n) is 3.80. The summed E-state index contributed by atoms with van der Waals surface area (Å²) in [5, 5.41) is 10.6. The van der Waals surface area contributed by atoms with Gasteiger partial charge in [0, 0.05) is 54.0 Å². The van der Waals surface area contributed by atoms with Gasteiger partial charge in [0.2, 0.25) is 0 Å². The van der Waals surface area contributed by atoms with Gasteiger partial charge in [-0.2, -0.15) is 0 Å². The van der Waals surface area contributed by atoms with Gasteiger partial charge in [-0.25, -0.2) is 4.98 Å². The minimum Gasteiger partial charge on any atom is -0.378 e. The number of hydrogen-bond donors (Lipinski definition) is 3. The van der Waals surface area contributed by atoms with E-state index in [0.29, 0.717) is 11.4 Å². The lowest BCUT2D eigenvalue weighted by atomic mass is 10.1. The highest BCUT2D eigenvalue weighted by molar-refractivity contribution is 6.04. The SMILES string of the molecule is CN(C)c1ccc2nccc(Nc3ccc(C(=O)Nc4ccc(Nc5ccccc5)cn4)cc3)c2c1. The van der Waals surface area contributed by atoms with Crippen LogP contribution in [0.25, 0.3) is 10.9 Å². The molecule has 3 aromatic carbocycles. The number of carbonyl (C=O) groups excluding carboxylic acids is 1. The van der Waals surface area contributed by atoms with E-state index < -0.39 is 0 Å². The maximum atomic E-state index is 12.7. The highest BCUT2D eigenvalue weighted by Gasteiger charge is 2.09. The summed E-state index contributed by atoms with van der Waals surface area (Å²) in [7, 11) is 4.03. The van der Waals surface area contributed by atoms with E-state index >= 15 is 0 Å². The van der Waals surface area contributed by atoms with E-state index in [0.717, 1.165) is 39.3 Å². The van der Waals surface area contributed by atoms with Gasteiger partial charge in [-0.15, -0.1) is 0 Å². The summed E-state index contributed by atoms with van der Waals surface area (Å²) >= 11 is 0. The molecule has 7 nitrogen and oxygen atoms in total. The summed E-state index contributed by atoms with van der Waals surface area (Å²) < 4.78 is 0. The van der Waals surface area contributed by atoms with Crippen molar-refractivity contribution in [3.63, 3.8) is 0 Å². The summed E-state index contributed by atoms with van der Waals surface area (Å²) in [6.07, 6.45) is 3.48. The second-order valence-electron chi connectivity index (χ2n) is 8.53. The minimum atomic E-state index is -0.220. The molecule has 0 saturated heterocycles. The number of nitrogens with zero attached hydrogens (tertiary/aromatic N) is 3. The Bertz CT molecular complexity index is 1480. The number of nitrogens with one attached hydrogen (secondary N) is 3. The quantitative estimate of drug-likeness (QED) is 0.252. The van der Waals surface area contributed by atoms with Crippen LogP contribution in [0.4, 0.5) is 34.3 Å². The first-order valence-corrected chi connectivity index (χ1v) is 11.6. The molecule has 5 rings (SSSR count). The maximum Gasteiger partial charge on any atom is 0.256 e. The van der Waals surface area contributed by atoms with Gasteiger partial charge in [-0.1, -0.05) is 18.2 Å². The fraction of sp³-hybridized carbons (Fsp3) is 0.0690. The topological polar surface area (TPSA) is 82.2 Å². The normalized spacial score (nSPS) is 10.6. The molecule has 1 amide bonds. The Morgan fingerprint density at radius 2 is 1.50 bits per heavy atom. The highest BCUT2D eigenvalue weighted by atomic mass is 16.1. The molecule has 178 valence electrons. The van der Waals surface area contributed by atoms with Crippen LogP contribution in [-0.4, -0.2) is 30.0 Å². The Morgan fingerprint density at radius 1 is 0.750 bits per heavy atom. The molecule has 0 unspecified atom stereocenters. The fourth-order valence-corrected chi connectivity index (χ4v) is 3.80. The van der Waals surface area contributed by atoms with E-state index in [2.05, 4.69) is 43.0 Å². The molecule has 0 aliphatic heterocycles. The van der Waals surface area contributed by atoms with Crippen LogP contribution >= 0.6 is 0 Å². The Kier molecular flexibility index (Phi) is 6.44. The number of amides is 1. The maximum absolute atomic E-state index is 12.7. The van der Waals surface area contributed by atoms with Crippen molar-refractivity contribution < 1.29 is 4.79 Å². The molecule has 0 aliphatic rings. The summed E-state index contributed by atoms with van der Waals surface area (Å²) in [6, 6.07) is 29.0. The second-order valence-corrected chi connectivity index (χ2v) is 8.53. The molecule has 7 heteroatoms. The second kappa shape index (κ2) is 10.1. The average Bonchev–Trinajstić information content (AvgIpc) is 2.91.